The smallest absolute Gasteiger partial charge is 0.335 e. The maximum absolute atomic E-state index is 13.6. The number of rotatable bonds is 8. The van der Waals surface area contributed by atoms with E-state index in [1.54, 1.807) is 66.3 Å². The summed E-state index contributed by atoms with van der Waals surface area (Å²) in [6, 6.07) is 15.9. The van der Waals surface area contributed by atoms with Crippen LogP contribution in [-0.2, 0) is 4.79 Å². The van der Waals surface area contributed by atoms with E-state index in [-0.39, 0.29) is 5.56 Å². The largest absolute Gasteiger partial charge is 0.486 e. The summed E-state index contributed by atoms with van der Waals surface area (Å²) in [4.78, 5) is 23.4. The molecule has 2 heterocycles. The van der Waals surface area contributed by atoms with Crippen molar-refractivity contribution in [3.63, 3.8) is 0 Å². The number of carbonyl (C=O) groups is 2. The standard InChI is InChI=1S/C28H25F2N3O6/c1-16(32-27(36)28(2,29)30)25(17-6-9-23-24(14-17)38-11-10-37-23)39-21-7-8-22-19(13-21)15-31-33(22)20-5-3-4-18(12-20)26(34)35/h3-9,12-16,25H,10-11H2,1-2H3,(H,32,36)(H,34,35)/t16-,25-/m0/s1. The lowest BCUT2D eigenvalue weighted by atomic mass is 10.0. The molecule has 202 valence electrons. The molecule has 1 aromatic heterocycles. The molecule has 9 nitrogen and oxygen atoms in total. The molecule has 2 N–H and O–H groups in total. The van der Waals surface area contributed by atoms with Crippen molar-refractivity contribution in [3.8, 4) is 22.9 Å². The number of benzene rings is 3. The van der Waals surface area contributed by atoms with Gasteiger partial charge in [0.25, 0.3) is 5.91 Å². The second-order valence-corrected chi connectivity index (χ2v) is 9.22. The van der Waals surface area contributed by atoms with E-state index in [1.807, 2.05) is 0 Å². The Bertz CT molecular complexity index is 1550. The van der Waals surface area contributed by atoms with Crippen LogP contribution in [0.3, 0.4) is 0 Å². The minimum absolute atomic E-state index is 0.132. The molecular weight excluding hydrogens is 512 g/mol. The summed E-state index contributed by atoms with van der Waals surface area (Å²) in [5.41, 5.74) is 2.00. The number of hydrogen-bond acceptors (Lipinski definition) is 6. The minimum Gasteiger partial charge on any atom is -0.486 e. The number of nitrogens with zero attached hydrogens (tertiary/aromatic N) is 2. The van der Waals surface area contributed by atoms with Crippen LogP contribution in [0.25, 0.3) is 16.6 Å². The lowest BCUT2D eigenvalue weighted by Crippen LogP contribution is -2.46. The van der Waals surface area contributed by atoms with Crippen molar-refractivity contribution in [2.45, 2.75) is 31.9 Å². The number of aromatic nitrogens is 2. The van der Waals surface area contributed by atoms with Crippen molar-refractivity contribution < 1.29 is 37.7 Å². The van der Waals surface area contributed by atoms with Gasteiger partial charge in [0.05, 0.1) is 29.0 Å². The van der Waals surface area contributed by atoms with Gasteiger partial charge in [-0.05, 0) is 61.0 Å². The van der Waals surface area contributed by atoms with Crippen molar-refractivity contribution in [2.24, 2.45) is 0 Å². The second kappa shape index (κ2) is 10.2. The third-order valence-electron chi connectivity index (χ3n) is 6.25. The van der Waals surface area contributed by atoms with E-state index >= 15 is 0 Å². The zero-order chi connectivity index (χ0) is 27.7. The summed E-state index contributed by atoms with van der Waals surface area (Å²) < 4.78 is 46.4. The molecule has 0 saturated carbocycles. The number of halogens is 2. The summed E-state index contributed by atoms with van der Waals surface area (Å²) >= 11 is 0. The van der Waals surface area contributed by atoms with Gasteiger partial charge in [0.2, 0.25) is 0 Å². The number of alkyl halides is 2. The molecule has 0 saturated heterocycles. The molecule has 0 radical (unpaired) electrons. The summed E-state index contributed by atoms with van der Waals surface area (Å²) in [7, 11) is 0. The molecule has 0 unspecified atom stereocenters. The predicted molar refractivity (Wildman–Crippen MR) is 137 cm³/mol. The first kappa shape index (κ1) is 26.0. The number of carboxylic acids is 1. The third-order valence-corrected chi connectivity index (χ3v) is 6.25. The van der Waals surface area contributed by atoms with E-state index in [4.69, 9.17) is 14.2 Å². The quantitative estimate of drug-likeness (QED) is 0.333. The van der Waals surface area contributed by atoms with E-state index in [0.29, 0.717) is 59.5 Å². The van der Waals surface area contributed by atoms with E-state index in [0.717, 1.165) is 0 Å². The zero-order valence-electron chi connectivity index (χ0n) is 21.1. The normalized spacial score (nSPS) is 14.5. The van der Waals surface area contributed by atoms with Crippen molar-refractivity contribution in [1.82, 2.24) is 15.1 Å². The highest BCUT2D eigenvalue weighted by atomic mass is 19.3. The Labute approximate surface area is 221 Å². The first-order valence-corrected chi connectivity index (χ1v) is 12.2. The van der Waals surface area contributed by atoms with Crippen LogP contribution < -0.4 is 19.5 Å². The Morgan fingerprint density at radius 3 is 2.59 bits per heavy atom. The number of carboxylic acid groups (broad SMARTS) is 1. The highest BCUT2D eigenvalue weighted by Gasteiger charge is 2.35. The highest BCUT2D eigenvalue weighted by molar-refractivity contribution is 5.89. The maximum Gasteiger partial charge on any atom is 0.335 e. The van der Waals surface area contributed by atoms with E-state index < -0.39 is 29.9 Å². The summed E-state index contributed by atoms with van der Waals surface area (Å²) in [6.07, 6.45) is 0.754. The van der Waals surface area contributed by atoms with Gasteiger partial charge in [0, 0.05) is 12.3 Å². The van der Waals surface area contributed by atoms with E-state index in [2.05, 4.69) is 10.4 Å². The van der Waals surface area contributed by atoms with Crippen LogP contribution in [0.15, 0.2) is 66.9 Å². The van der Waals surface area contributed by atoms with Crippen LogP contribution in [0.1, 0.15) is 35.9 Å². The number of hydrogen-bond donors (Lipinski definition) is 2. The SMILES string of the molecule is C[C@H](NC(=O)C(C)(F)F)[C@H](Oc1ccc2c(cnn2-c2cccc(C(=O)O)c2)c1)c1ccc2c(c1)OCCO2. The Hall–Kier alpha value is -4.67. The van der Waals surface area contributed by atoms with Gasteiger partial charge in [-0.25, -0.2) is 9.48 Å². The van der Waals surface area contributed by atoms with Crippen LogP contribution >= 0.6 is 0 Å². The van der Waals surface area contributed by atoms with Crippen LogP contribution in [0.5, 0.6) is 17.2 Å². The molecule has 39 heavy (non-hydrogen) atoms. The predicted octanol–water partition coefficient (Wildman–Crippen LogP) is 4.77. The van der Waals surface area contributed by atoms with Crippen molar-refractivity contribution in [3.05, 3.63) is 78.0 Å². The Morgan fingerprint density at radius 1 is 1.08 bits per heavy atom. The van der Waals surface area contributed by atoms with Gasteiger partial charge in [-0.2, -0.15) is 13.9 Å². The molecule has 0 spiro atoms. The summed E-state index contributed by atoms with van der Waals surface area (Å²) in [5, 5.41) is 16.8. The second-order valence-electron chi connectivity index (χ2n) is 9.22. The van der Waals surface area contributed by atoms with Crippen molar-refractivity contribution in [2.75, 3.05) is 13.2 Å². The highest BCUT2D eigenvalue weighted by Crippen LogP contribution is 2.36. The Morgan fingerprint density at radius 2 is 1.85 bits per heavy atom. The summed E-state index contributed by atoms with van der Waals surface area (Å²) in [6.45, 7) is 2.90. The van der Waals surface area contributed by atoms with Crippen molar-refractivity contribution >= 4 is 22.8 Å². The molecule has 0 bridgehead atoms. The van der Waals surface area contributed by atoms with Gasteiger partial charge < -0.3 is 24.6 Å². The molecule has 3 aromatic carbocycles. The number of carbonyl (C=O) groups excluding carboxylic acids is 1. The third kappa shape index (κ3) is 5.47. The molecule has 5 rings (SSSR count). The minimum atomic E-state index is -3.56. The topological polar surface area (TPSA) is 112 Å². The lowest BCUT2D eigenvalue weighted by Gasteiger charge is -2.28. The fraction of sp³-hybridized carbons (Fsp3) is 0.250. The number of ether oxygens (including phenoxy) is 3. The van der Waals surface area contributed by atoms with Crippen LogP contribution in [-0.4, -0.2) is 51.9 Å². The number of aromatic carboxylic acids is 1. The van der Waals surface area contributed by atoms with E-state index in [1.165, 1.54) is 12.1 Å². The first-order chi connectivity index (χ1) is 18.6. The van der Waals surface area contributed by atoms with Crippen molar-refractivity contribution in [1.29, 1.82) is 0 Å². The number of nitrogens with one attached hydrogen (secondary N) is 1. The van der Waals surface area contributed by atoms with Gasteiger partial charge in [-0.15, -0.1) is 0 Å². The molecule has 0 aliphatic carbocycles. The van der Waals surface area contributed by atoms with Crippen LogP contribution in [0.2, 0.25) is 0 Å². The fourth-order valence-electron chi connectivity index (χ4n) is 4.31. The molecular formula is C28H25F2N3O6. The van der Waals surface area contributed by atoms with Gasteiger partial charge in [0.15, 0.2) is 11.5 Å². The van der Waals surface area contributed by atoms with E-state index in [9.17, 15) is 23.5 Å². The van der Waals surface area contributed by atoms with Gasteiger partial charge >= 0.3 is 11.9 Å². The van der Waals surface area contributed by atoms with Crippen LogP contribution in [0.4, 0.5) is 8.78 Å². The average molecular weight is 538 g/mol. The molecule has 11 heteroatoms. The first-order valence-electron chi connectivity index (χ1n) is 12.2. The zero-order valence-corrected chi connectivity index (χ0v) is 21.1. The maximum atomic E-state index is 13.6. The molecule has 2 atom stereocenters. The van der Waals surface area contributed by atoms with Gasteiger partial charge in [-0.3, -0.25) is 4.79 Å². The average Bonchev–Trinajstić information content (AvgIpc) is 3.34. The number of fused-ring (bicyclic) bond motifs is 2. The lowest BCUT2D eigenvalue weighted by molar-refractivity contribution is -0.144. The molecule has 1 aliphatic heterocycles. The fourth-order valence-corrected chi connectivity index (χ4v) is 4.31. The molecule has 1 amide bonds. The monoisotopic (exact) mass is 537 g/mol. The molecule has 4 aromatic rings. The van der Waals surface area contributed by atoms with Gasteiger partial charge in [-0.1, -0.05) is 12.1 Å². The molecule has 1 aliphatic rings. The Balaban J connectivity index is 1.47. The molecule has 0 fully saturated rings. The van der Waals surface area contributed by atoms with Crippen LogP contribution in [0, 0.1) is 0 Å². The summed E-state index contributed by atoms with van der Waals surface area (Å²) in [5.74, 6) is -4.56. The number of amides is 1. The van der Waals surface area contributed by atoms with Gasteiger partial charge in [0.1, 0.15) is 25.1 Å². The Kier molecular flexibility index (Phi) is 6.81.